The Hall–Kier alpha value is -1.21. The van der Waals surface area contributed by atoms with Gasteiger partial charge in [-0.25, -0.2) is 4.68 Å². The first-order valence-corrected chi connectivity index (χ1v) is 6.86. The summed E-state index contributed by atoms with van der Waals surface area (Å²) in [5, 5.41) is 4.42. The number of aryl methyl sites for hydroxylation is 1. The molecule has 0 unspecified atom stereocenters. The number of ether oxygens (including phenoxy) is 1. The van der Waals surface area contributed by atoms with Crippen LogP contribution in [0, 0.1) is 13.8 Å². The Morgan fingerprint density at radius 1 is 1.21 bits per heavy atom. The normalized spacial score (nSPS) is 11.1. The zero-order chi connectivity index (χ0) is 14.2. The maximum absolute atomic E-state index is 5.89. The lowest BCUT2D eigenvalue weighted by atomic mass is 10.4. The molecule has 2 heterocycles. The second kappa shape index (κ2) is 5.42. The smallest absolute Gasteiger partial charge is 0.322 e. The van der Waals surface area contributed by atoms with Crippen LogP contribution in [-0.2, 0) is 0 Å². The molecule has 102 valence electrons. The minimum absolute atomic E-state index is 0.0430. The van der Waals surface area contributed by atoms with Gasteiger partial charge in [-0.3, -0.25) is 0 Å². The molecular weight excluding hydrogens is 334 g/mol. The highest BCUT2D eigenvalue weighted by molar-refractivity contribution is 9.10. The number of hydrogen-bond donors (Lipinski definition) is 0. The van der Waals surface area contributed by atoms with E-state index in [0.717, 1.165) is 15.9 Å². The topological polar surface area (TPSA) is 65.7 Å². The molecule has 0 atom stereocenters. The highest BCUT2D eigenvalue weighted by atomic mass is 79.9. The summed E-state index contributed by atoms with van der Waals surface area (Å²) in [6, 6.07) is 0.189. The molecule has 0 aliphatic rings. The van der Waals surface area contributed by atoms with Crippen LogP contribution >= 0.6 is 27.5 Å². The fourth-order valence-corrected chi connectivity index (χ4v) is 1.89. The molecule has 0 aliphatic carbocycles. The monoisotopic (exact) mass is 345 g/mol. The molecule has 0 bridgehead atoms. The Balaban J connectivity index is 2.49. The predicted octanol–water partition coefficient (Wildman–Crippen LogP) is 2.88. The van der Waals surface area contributed by atoms with Crippen LogP contribution in [0.15, 0.2) is 4.47 Å². The van der Waals surface area contributed by atoms with Crippen LogP contribution in [0.2, 0.25) is 5.28 Å². The standard InChI is InChI=1S/C11H13BrClN5O/c1-5(2)19-11-15-9(13)14-10(16-11)18-7(4)8(12)6(3)17-18/h5H,1-4H3. The van der Waals surface area contributed by atoms with Crippen LogP contribution in [0.5, 0.6) is 6.01 Å². The molecule has 6 nitrogen and oxygen atoms in total. The molecule has 0 saturated carbocycles. The Morgan fingerprint density at radius 3 is 2.42 bits per heavy atom. The minimum atomic E-state index is -0.0430. The van der Waals surface area contributed by atoms with Crippen LogP contribution in [-0.4, -0.2) is 30.8 Å². The summed E-state index contributed by atoms with van der Waals surface area (Å²) < 4.78 is 7.94. The van der Waals surface area contributed by atoms with E-state index in [4.69, 9.17) is 16.3 Å². The van der Waals surface area contributed by atoms with Crippen LogP contribution < -0.4 is 4.74 Å². The Labute approximate surface area is 124 Å². The molecule has 2 aromatic rings. The lowest BCUT2D eigenvalue weighted by Gasteiger charge is -2.09. The fraction of sp³-hybridized carbons (Fsp3) is 0.455. The van der Waals surface area contributed by atoms with E-state index in [9.17, 15) is 0 Å². The van der Waals surface area contributed by atoms with Crippen molar-refractivity contribution >= 4 is 27.5 Å². The van der Waals surface area contributed by atoms with Crippen molar-refractivity contribution in [3.05, 3.63) is 21.1 Å². The van der Waals surface area contributed by atoms with E-state index in [1.54, 1.807) is 4.68 Å². The summed E-state index contributed by atoms with van der Waals surface area (Å²) >= 11 is 9.34. The fourth-order valence-electron chi connectivity index (χ4n) is 1.50. The molecule has 0 radical (unpaired) electrons. The average Bonchev–Trinajstić information content (AvgIpc) is 2.55. The number of rotatable bonds is 3. The Bertz CT molecular complexity index is 613. The number of aromatic nitrogens is 5. The van der Waals surface area contributed by atoms with E-state index in [2.05, 4.69) is 36.0 Å². The molecular formula is C11H13BrClN5O. The van der Waals surface area contributed by atoms with E-state index >= 15 is 0 Å². The Kier molecular flexibility index (Phi) is 4.05. The molecule has 8 heteroatoms. The summed E-state index contributed by atoms with van der Waals surface area (Å²) in [6.07, 6.45) is -0.0430. The third kappa shape index (κ3) is 3.03. The molecule has 2 aromatic heterocycles. The van der Waals surface area contributed by atoms with Crippen molar-refractivity contribution in [2.45, 2.75) is 33.8 Å². The average molecular weight is 347 g/mol. The summed E-state index contributed by atoms with van der Waals surface area (Å²) in [5.74, 6) is 0.335. The molecule has 0 aliphatic heterocycles. The van der Waals surface area contributed by atoms with Crippen molar-refractivity contribution in [3.8, 4) is 12.0 Å². The number of halogens is 2. The molecule has 0 spiro atoms. The van der Waals surface area contributed by atoms with Gasteiger partial charge >= 0.3 is 6.01 Å². The Morgan fingerprint density at radius 2 is 1.89 bits per heavy atom. The lowest BCUT2D eigenvalue weighted by molar-refractivity contribution is 0.221. The zero-order valence-electron chi connectivity index (χ0n) is 11.0. The summed E-state index contributed by atoms with van der Waals surface area (Å²) in [5.41, 5.74) is 1.73. The molecule has 0 fully saturated rings. The van der Waals surface area contributed by atoms with Gasteiger partial charge in [0, 0.05) is 0 Å². The second-order valence-corrected chi connectivity index (χ2v) is 5.38. The maximum Gasteiger partial charge on any atom is 0.322 e. The quantitative estimate of drug-likeness (QED) is 0.855. The summed E-state index contributed by atoms with van der Waals surface area (Å²) in [6.45, 7) is 7.57. The van der Waals surface area contributed by atoms with Gasteiger partial charge in [0.25, 0.3) is 5.95 Å². The molecule has 2 rings (SSSR count). The second-order valence-electron chi connectivity index (χ2n) is 4.25. The van der Waals surface area contributed by atoms with Crippen molar-refractivity contribution in [2.75, 3.05) is 0 Å². The van der Waals surface area contributed by atoms with E-state index in [0.29, 0.717) is 5.95 Å². The van der Waals surface area contributed by atoms with Gasteiger partial charge < -0.3 is 4.74 Å². The van der Waals surface area contributed by atoms with Gasteiger partial charge in [0.05, 0.1) is 22.0 Å². The molecule has 0 amide bonds. The van der Waals surface area contributed by atoms with Gasteiger partial charge in [0.15, 0.2) is 0 Å². The first-order valence-electron chi connectivity index (χ1n) is 5.68. The molecule has 0 aromatic carbocycles. The highest BCUT2D eigenvalue weighted by Crippen LogP contribution is 2.22. The van der Waals surface area contributed by atoms with Gasteiger partial charge in [-0.15, -0.1) is 0 Å². The third-order valence-electron chi connectivity index (χ3n) is 2.31. The van der Waals surface area contributed by atoms with E-state index in [1.165, 1.54) is 0 Å². The third-order valence-corrected chi connectivity index (χ3v) is 3.63. The van der Waals surface area contributed by atoms with Gasteiger partial charge in [-0.1, -0.05) is 0 Å². The maximum atomic E-state index is 5.89. The molecule has 0 N–H and O–H groups in total. The summed E-state index contributed by atoms with van der Waals surface area (Å²) in [7, 11) is 0. The van der Waals surface area contributed by atoms with E-state index in [-0.39, 0.29) is 17.4 Å². The van der Waals surface area contributed by atoms with E-state index < -0.39 is 0 Å². The van der Waals surface area contributed by atoms with Crippen molar-refractivity contribution in [1.29, 1.82) is 0 Å². The van der Waals surface area contributed by atoms with Crippen LogP contribution in [0.4, 0.5) is 0 Å². The molecule has 19 heavy (non-hydrogen) atoms. The highest BCUT2D eigenvalue weighted by Gasteiger charge is 2.15. The van der Waals surface area contributed by atoms with E-state index in [1.807, 2.05) is 27.7 Å². The predicted molar refractivity (Wildman–Crippen MR) is 74.9 cm³/mol. The van der Waals surface area contributed by atoms with Crippen LogP contribution in [0.1, 0.15) is 25.2 Å². The number of nitrogens with zero attached hydrogens (tertiary/aromatic N) is 5. The van der Waals surface area contributed by atoms with Gasteiger partial charge in [-0.2, -0.15) is 20.1 Å². The first-order chi connectivity index (χ1) is 8.88. The van der Waals surface area contributed by atoms with Crippen molar-refractivity contribution in [1.82, 2.24) is 24.7 Å². The van der Waals surface area contributed by atoms with Gasteiger partial charge in [0.1, 0.15) is 0 Å². The van der Waals surface area contributed by atoms with Crippen LogP contribution in [0.3, 0.4) is 0 Å². The van der Waals surface area contributed by atoms with Crippen molar-refractivity contribution in [2.24, 2.45) is 0 Å². The first kappa shape index (κ1) is 14.2. The van der Waals surface area contributed by atoms with Gasteiger partial charge in [0.2, 0.25) is 5.28 Å². The van der Waals surface area contributed by atoms with Gasteiger partial charge in [-0.05, 0) is 55.2 Å². The molecule has 0 saturated heterocycles. The van der Waals surface area contributed by atoms with Crippen molar-refractivity contribution < 1.29 is 4.74 Å². The zero-order valence-corrected chi connectivity index (χ0v) is 13.3. The number of hydrogen-bond acceptors (Lipinski definition) is 5. The summed E-state index contributed by atoms with van der Waals surface area (Å²) in [4.78, 5) is 12.2. The lowest BCUT2D eigenvalue weighted by Crippen LogP contribution is -2.12. The van der Waals surface area contributed by atoms with Crippen LogP contribution in [0.25, 0.3) is 5.95 Å². The minimum Gasteiger partial charge on any atom is -0.461 e. The van der Waals surface area contributed by atoms with Crippen molar-refractivity contribution in [3.63, 3.8) is 0 Å². The largest absolute Gasteiger partial charge is 0.461 e. The SMILES string of the molecule is Cc1nn(-c2nc(Cl)nc(OC(C)C)n2)c(C)c1Br.